The Balaban J connectivity index is 2.39. The normalized spacial score (nSPS) is 10.2. The number of nitriles is 1. The molecule has 0 unspecified atom stereocenters. The van der Waals surface area contributed by atoms with Crippen molar-refractivity contribution in [2.24, 2.45) is 0 Å². The molecule has 0 fully saturated rings. The number of nitrogens with zero attached hydrogens (tertiary/aromatic N) is 2. The molecule has 1 heterocycles. The van der Waals surface area contributed by atoms with E-state index in [-0.39, 0.29) is 0 Å². The van der Waals surface area contributed by atoms with Crippen molar-refractivity contribution in [1.29, 1.82) is 5.26 Å². The van der Waals surface area contributed by atoms with E-state index in [9.17, 15) is 0 Å². The molecule has 21 heavy (non-hydrogen) atoms. The van der Waals surface area contributed by atoms with E-state index >= 15 is 0 Å². The third-order valence-corrected chi connectivity index (χ3v) is 3.94. The van der Waals surface area contributed by atoms with Crippen molar-refractivity contribution in [1.82, 2.24) is 4.98 Å². The van der Waals surface area contributed by atoms with Gasteiger partial charge in [0.15, 0.2) is 0 Å². The molecule has 1 aromatic carbocycles. The van der Waals surface area contributed by atoms with E-state index in [0.29, 0.717) is 10.6 Å². The number of halogens is 1. The Labute approximate surface area is 130 Å². The maximum atomic E-state index is 8.87. The molecule has 0 saturated heterocycles. The van der Waals surface area contributed by atoms with Crippen LogP contribution in [0.15, 0.2) is 24.4 Å². The third kappa shape index (κ3) is 3.17. The number of pyridine rings is 1. The van der Waals surface area contributed by atoms with E-state index in [2.05, 4.69) is 37.1 Å². The Morgan fingerprint density at radius 3 is 2.62 bits per heavy atom. The van der Waals surface area contributed by atoms with Gasteiger partial charge in [0.25, 0.3) is 0 Å². The summed E-state index contributed by atoms with van der Waals surface area (Å²) in [6, 6.07) is 7.28. The maximum absolute atomic E-state index is 8.87. The minimum atomic E-state index is 0.521. The number of nitrogens with one attached hydrogen (secondary N) is 1. The molecule has 0 bridgehead atoms. The van der Waals surface area contributed by atoms with Crippen LogP contribution in [0.3, 0.4) is 0 Å². The lowest BCUT2D eigenvalue weighted by Crippen LogP contribution is -2.03. The van der Waals surface area contributed by atoms with E-state index in [1.54, 1.807) is 18.2 Å². The second-order valence-electron chi connectivity index (χ2n) is 4.87. The number of benzene rings is 1. The van der Waals surface area contributed by atoms with Crippen molar-refractivity contribution in [3.63, 3.8) is 0 Å². The van der Waals surface area contributed by atoms with Gasteiger partial charge in [0, 0.05) is 6.20 Å². The quantitative estimate of drug-likeness (QED) is 0.883. The highest BCUT2D eigenvalue weighted by Crippen LogP contribution is 2.29. The lowest BCUT2D eigenvalue weighted by Gasteiger charge is -2.15. The highest BCUT2D eigenvalue weighted by molar-refractivity contribution is 6.33. The Hall–Kier alpha value is -2.05. The van der Waals surface area contributed by atoms with Gasteiger partial charge in [-0.1, -0.05) is 25.4 Å². The number of hydrogen-bond donors (Lipinski definition) is 1. The van der Waals surface area contributed by atoms with Gasteiger partial charge >= 0.3 is 0 Å². The number of anilines is 2. The average Bonchev–Trinajstić information content (AvgIpc) is 2.50. The predicted molar refractivity (Wildman–Crippen MR) is 87.2 cm³/mol. The predicted octanol–water partition coefficient (Wildman–Crippen LogP) is 4.78. The van der Waals surface area contributed by atoms with Gasteiger partial charge in [-0.15, -0.1) is 0 Å². The van der Waals surface area contributed by atoms with E-state index in [1.807, 2.05) is 6.20 Å². The van der Waals surface area contributed by atoms with Crippen molar-refractivity contribution in [3.8, 4) is 6.07 Å². The molecule has 108 valence electrons. The van der Waals surface area contributed by atoms with E-state index < -0.39 is 0 Å². The Kier molecular flexibility index (Phi) is 4.82. The SMILES string of the molecule is CCc1cnc(Nc2ccc(C#N)cc2Cl)c(C)c1CC. The molecular weight excluding hydrogens is 282 g/mol. The first-order valence-corrected chi connectivity index (χ1v) is 7.42. The highest BCUT2D eigenvalue weighted by Gasteiger charge is 2.10. The lowest BCUT2D eigenvalue weighted by atomic mass is 10.0. The Morgan fingerprint density at radius 2 is 2.05 bits per heavy atom. The second-order valence-corrected chi connectivity index (χ2v) is 5.28. The standard InChI is InChI=1S/C17H18ClN3/c1-4-13-10-20-17(11(3)14(13)5-2)21-16-7-6-12(9-19)8-15(16)18/h6-8,10H,4-5H2,1-3H3,(H,20,21). The van der Waals surface area contributed by atoms with Crippen LogP contribution < -0.4 is 5.32 Å². The van der Waals surface area contributed by atoms with Crippen molar-refractivity contribution >= 4 is 23.1 Å². The Bertz CT molecular complexity index is 702. The fraction of sp³-hybridized carbons (Fsp3) is 0.294. The fourth-order valence-electron chi connectivity index (χ4n) is 2.44. The number of aromatic nitrogens is 1. The van der Waals surface area contributed by atoms with E-state index in [0.717, 1.165) is 29.9 Å². The molecule has 0 aliphatic rings. The summed E-state index contributed by atoms with van der Waals surface area (Å²) in [5.74, 6) is 0.815. The number of rotatable bonds is 4. The van der Waals surface area contributed by atoms with Gasteiger partial charge in [-0.05, 0) is 54.7 Å². The van der Waals surface area contributed by atoms with Crippen LogP contribution in [-0.2, 0) is 12.8 Å². The zero-order chi connectivity index (χ0) is 15.4. The van der Waals surface area contributed by atoms with Gasteiger partial charge < -0.3 is 5.32 Å². The minimum Gasteiger partial charge on any atom is -0.339 e. The van der Waals surface area contributed by atoms with Gasteiger partial charge in [0.1, 0.15) is 5.82 Å². The monoisotopic (exact) mass is 299 g/mol. The molecule has 0 aliphatic carbocycles. The largest absolute Gasteiger partial charge is 0.339 e. The smallest absolute Gasteiger partial charge is 0.133 e. The molecule has 0 atom stereocenters. The number of aryl methyl sites for hydroxylation is 1. The van der Waals surface area contributed by atoms with Crippen LogP contribution in [0.25, 0.3) is 0 Å². The summed E-state index contributed by atoms with van der Waals surface area (Å²) in [6.45, 7) is 6.37. The average molecular weight is 300 g/mol. The minimum absolute atomic E-state index is 0.521. The van der Waals surface area contributed by atoms with Gasteiger partial charge in [-0.25, -0.2) is 4.98 Å². The van der Waals surface area contributed by atoms with E-state index in [1.165, 1.54) is 11.1 Å². The molecule has 0 aliphatic heterocycles. The maximum Gasteiger partial charge on any atom is 0.133 e. The summed E-state index contributed by atoms with van der Waals surface area (Å²) >= 11 is 6.20. The van der Waals surface area contributed by atoms with Crippen LogP contribution >= 0.6 is 11.6 Å². The van der Waals surface area contributed by atoms with Gasteiger partial charge in [-0.2, -0.15) is 5.26 Å². The molecule has 2 aromatic rings. The Morgan fingerprint density at radius 1 is 1.29 bits per heavy atom. The van der Waals surface area contributed by atoms with Crippen LogP contribution in [-0.4, -0.2) is 4.98 Å². The molecule has 1 aromatic heterocycles. The van der Waals surface area contributed by atoms with Crippen LogP contribution in [0, 0.1) is 18.3 Å². The molecule has 0 amide bonds. The molecule has 2 rings (SSSR count). The second kappa shape index (κ2) is 6.60. The first kappa shape index (κ1) is 15.3. The van der Waals surface area contributed by atoms with Crippen LogP contribution in [0.1, 0.15) is 36.1 Å². The van der Waals surface area contributed by atoms with Crippen molar-refractivity contribution in [2.75, 3.05) is 5.32 Å². The molecule has 0 saturated carbocycles. The fourth-order valence-corrected chi connectivity index (χ4v) is 2.67. The summed E-state index contributed by atoms with van der Waals surface area (Å²) < 4.78 is 0. The summed E-state index contributed by atoms with van der Waals surface area (Å²) in [5, 5.41) is 12.7. The molecule has 0 radical (unpaired) electrons. The lowest BCUT2D eigenvalue weighted by molar-refractivity contribution is 0.993. The van der Waals surface area contributed by atoms with Crippen molar-refractivity contribution in [2.45, 2.75) is 33.6 Å². The van der Waals surface area contributed by atoms with Crippen molar-refractivity contribution in [3.05, 3.63) is 51.7 Å². The van der Waals surface area contributed by atoms with Crippen LogP contribution in [0.5, 0.6) is 0 Å². The van der Waals surface area contributed by atoms with Gasteiger partial charge in [0.05, 0.1) is 22.3 Å². The molecule has 4 heteroatoms. The summed E-state index contributed by atoms with van der Waals surface area (Å²) in [6.07, 6.45) is 3.88. The molecule has 1 N–H and O–H groups in total. The summed E-state index contributed by atoms with van der Waals surface area (Å²) in [7, 11) is 0. The topological polar surface area (TPSA) is 48.7 Å². The van der Waals surface area contributed by atoms with Gasteiger partial charge in [0.2, 0.25) is 0 Å². The van der Waals surface area contributed by atoms with E-state index in [4.69, 9.17) is 16.9 Å². The number of hydrogen-bond acceptors (Lipinski definition) is 3. The van der Waals surface area contributed by atoms with Crippen LogP contribution in [0.4, 0.5) is 11.5 Å². The summed E-state index contributed by atoms with van der Waals surface area (Å²) in [4.78, 5) is 4.50. The first-order valence-electron chi connectivity index (χ1n) is 7.04. The highest BCUT2D eigenvalue weighted by atomic mass is 35.5. The zero-order valence-electron chi connectivity index (χ0n) is 12.5. The van der Waals surface area contributed by atoms with Crippen LogP contribution in [0.2, 0.25) is 5.02 Å². The molecular formula is C17H18ClN3. The molecule has 0 spiro atoms. The first-order chi connectivity index (χ1) is 10.1. The third-order valence-electron chi connectivity index (χ3n) is 3.63. The summed E-state index contributed by atoms with van der Waals surface area (Å²) in [5.41, 5.74) is 5.08. The van der Waals surface area contributed by atoms with Gasteiger partial charge in [-0.3, -0.25) is 0 Å². The zero-order valence-corrected chi connectivity index (χ0v) is 13.3. The molecule has 3 nitrogen and oxygen atoms in total. The van der Waals surface area contributed by atoms with Crippen molar-refractivity contribution < 1.29 is 0 Å².